The summed E-state index contributed by atoms with van der Waals surface area (Å²) < 4.78 is 5.92. The van der Waals surface area contributed by atoms with Crippen molar-refractivity contribution in [3.05, 3.63) is 10.7 Å². The zero-order valence-corrected chi connectivity index (χ0v) is 11.4. The van der Waals surface area contributed by atoms with Crippen molar-refractivity contribution in [3.8, 4) is 0 Å². The van der Waals surface area contributed by atoms with Crippen LogP contribution in [0, 0.1) is 0 Å². The van der Waals surface area contributed by atoms with Crippen LogP contribution in [0.4, 0.5) is 11.8 Å². The molecule has 0 spiro atoms. The van der Waals surface area contributed by atoms with E-state index in [1.165, 1.54) is 0 Å². The number of methoxy groups -OCH3 is 1. The molecule has 0 fully saturated rings. The number of hydrogen-bond donors (Lipinski definition) is 1. The number of anilines is 2. The molecule has 90 valence electrons. The predicted molar refractivity (Wildman–Crippen MR) is 68.5 cm³/mol. The summed E-state index contributed by atoms with van der Waals surface area (Å²) in [4.78, 5) is 10.3. The van der Waals surface area contributed by atoms with Crippen LogP contribution in [0.1, 0.15) is 13.8 Å². The number of hydrogen-bond acceptors (Lipinski definition) is 5. The van der Waals surface area contributed by atoms with Crippen LogP contribution in [0.15, 0.2) is 10.7 Å². The van der Waals surface area contributed by atoms with Gasteiger partial charge in [0.15, 0.2) is 0 Å². The molecule has 5 nitrogen and oxygen atoms in total. The summed E-state index contributed by atoms with van der Waals surface area (Å²) in [6.07, 6.45) is 1.67. The van der Waals surface area contributed by atoms with Crippen molar-refractivity contribution in [2.45, 2.75) is 19.9 Å². The lowest BCUT2D eigenvalue weighted by Gasteiger charge is -2.28. The SMILES string of the molecule is COCCN(c1nc(N)ncc1Br)C(C)C. The molecule has 0 unspecified atom stereocenters. The topological polar surface area (TPSA) is 64.3 Å². The Morgan fingerprint density at radius 2 is 2.25 bits per heavy atom. The number of nitrogens with zero attached hydrogens (tertiary/aromatic N) is 3. The molecule has 0 aliphatic carbocycles. The molecule has 1 rings (SSSR count). The normalized spacial score (nSPS) is 10.8. The van der Waals surface area contributed by atoms with Crippen molar-refractivity contribution in [2.24, 2.45) is 0 Å². The van der Waals surface area contributed by atoms with E-state index in [2.05, 4.69) is 44.6 Å². The fourth-order valence-corrected chi connectivity index (χ4v) is 1.79. The van der Waals surface area contributed by atoms with Crippen LogP contribution in [0.3, 0.4) is 0 Å². The van der Waals surface area contributed by atoms with Gasteiger partial charge in [-0.1, -0.05) is 0 Å². The highest BCUT2D eigenvalue weighted by molar-refractivity contribution is 9.10. The Morgan fingerprint density at radius 3 is 2.81 bits per heavy atom. The van der Waals surface area contributed by atoms with Crippen LogP contribution < -0.4 is 10.6 Å². The zero-order valence-electron chi connectivity index (χ0n) is 9.77. The molecule has 0 aliphatic heterocycles. The number of nitrogens with two attached hydrogens (primary N) is 1. The van der Waals surface area contributed by atoms with Crippen molar-refractivity contribution >= 4 is 27.7 Å². The van der Waals surface area contributed by atoms with E-state index in [1.54, 1.807) is 13.3 Å². The second-order valence-electron chi connectivity index (χ2n) is 3.68. The second-order valence-corrected chi connectivity index (χ2v) is 4.53. The summed E-state index contributed by atoms with van der Waals surface area (Å²) >= 11 is 3.43. The van der Waals surface area contributed by atoms with Gasteiger partial charge in [0.2, 0.25) is 5.95 Å². The Balaban J connectivity index is 2.95. The van der Waals surface area contributed by atoms with Crippen LogP contribution in [0.25, 0.3) is 0 Å². The highest BCUT2D eigenvalue weighted by Gasteiger charge is 2.15. The van der Waals surface area contributed by atoms with Gasteiger partial charge in [-0.05, 0) is 29.8 Å². The van der Waals surface area contributed by atoms with E-state index in [0.717, 1.165) is 16.8 Å². The standard InChI is InChI=1S/C10H17BrN4O/c1-7(2)15(4-5-16-3)9-8(11)6-13-10(12)14-9/h6-7H,4-5H2,1-3H3,(H2,12,13,14). The average molecular weight is 289 g/mol. The summed E-state index contributed by atoms with van der Waals surface area (Å²) in [5.41, 5.74) is 5.59. The first-order valence-corrected chi connectivity index (χ1v) is 5.89. The van der Waals surface area contributed by atoms with Gasteiger partial charge < -0.3 is 15.4 Å². The number of rotatable bonds is 5. The quantitative estimate of drug-likeness (QED) is 0.893. The predicted octanol–water partition coefficient (Wildman–Crippen LogP) is 1.68. The van der Waals surface area contributed by atoms with E-state index in [0.29, 0.717) is 12.6 Å². The average Bonchev–Trinajstić information content (AvgIpc) is 2.23. The Hall–Kier alpha value is -0.880. The molecular formula is C10H17BrN4O. The van der Waals surface area contributed by atoms with E-state index in [1.807, 2.05) is 0 Å². The highest BCUT2D eigenvalue weighted by atomic mass is 79.9. The fourth-order valence-electron chi connectivity index (χ4n) is 1.37. The van der Waals surface area contributed by atoms with Crippen molar-refractivity contribution < 1.29 is 4.74 Å². The maximum Gasteiger partial charge on any atom is 0.222 e. The van der Waals surface area contributed by atoms with Gasteiger partial charge in [-0.25, -0.2) is 4.98 Å². The molecule has 1 heterocycles. The molecule has 0 aliphatic rings. The van der Waals surface area contributed by atoms with Gasteiger partial charge in [0.25, 0.3) is 0 Å². The molecule has 0 saturated heterocycles. The van der Waals surface area contributed by atoms with Gasteiger partial charge in [0.05, 0.1) is 11.1 Å². The molecule has 0 bridgehead atoms. The molecule has 1 aromatic rings. The van der Waals surface area contributed by atoms with E-state index < -0.39 is 0 Å². The lowest BCUT2D eigenvalue weighted by molar-refractivity contribution is 0.203. The van der Waals surface area contributed by atoms with Crippen molar-refractivity contribution in [1.29, 1.82) is 0 Å². The van der Waals surface area contributed by atoms with Crippen LogP contribution in [0.5, 0.6) is 0 Å². The van der Waals surface area contributed by atoms with E-state index in [9.17, 15) is 0 Å². The van der Waals surface area contributed by atoms with E-state index >= 15 is 0 Å². The molecule has 0 amide bonds. The minimum absolute atomic E-state index is 0.279. The lowest BCUT2D eigenvalue weighted by Crippen LogP contribution is -2.35. The smallest absolute Gasteiger partial charge is 0.222 e. The summed E-state index contributed by atoms with van der Waals surface area (Å²) in [7, 11) is 1.68. The number of ether oxygens (including phenoxy) is 1. The van der Waals surface area contributed by atoms with E-state index in [4.69, 9.17) is 10.5 Å². The third-order valence-electron chi connectivity index (χ3n) is 2.18. The third-order valence-corrected chi connectivity index (χ3v) is 2.74. The summed E-state index contributed by atoms with van der Waals surface area (Å²) in [5, 5.41) is 0. The van der Waals surface area contributed by atoms with Gasteiger partial charge in [0.1, 0.15) is 5.82 Å². The largest absolute Gasteiger partial charge is 0.383 e. The molecule has 16 heavy (non-hydrogen) atoms. The number of halogens is 1. The van der Waals surface area contributed by atoms with Crippen LogP contribution in [-0.4, -0.2) is 36.3 Å². The Morgan fingerprint density at radius 1 is 1.56 bits per heavy atom. The molecule has 2 N–H and O–H groups in total. The van der Waals surface area contributed by atoms with Gasteiger partial charge in [-0.2, -0.15) is 4.98 Å². The molecule has 1 aromatic heterocycles. The molecule has 0 atom stereocenters. The summed E-state index contributed by atoms with van der Waals surface area (Å²) in [6, 6.07) is 0.320. The van der Waals surface area contributed by atoms with E-state index in [-0.39, 0.29) is 5.95 Å². The fraction of sp³-hybridized carbons (Fsp3) is 0.600. The highest BCUT2D eigenvalue weighted by Crippen LogP contribution is 2.25. The van der Waals surface area contributed by atoms with Gasteiger partial charge in [0, 0.05) is 25.9 Å². The van der Waals surface area contributed by atoms with Crippen LogP contribution in [0.2, 0.25) is 0 Å². The van der Waals surface area contributed by atoms with Gasteiger partial charge in [-0.3, -0.25) is 0 Å². The van der Waals surface area contributed by atoms with Crippen LogP contribution >= 0.6 is 15.9 Å². The molecule has 0 aromatic carbocycles. The Kier molecular flexibility index (Phi) is 4.95. The van der Waals surface area contributed by atoms with Crippen molar-refractivity contribution in [2.75, 3.05) is 30.9 Å². The second kappa shape index (κ2) is 6.00. The zero-order chi connectivity index (χ0) is 12.1. The Bertz CT molecular complexity index is 346. The first kappa shape index (κ1) is 13.2. The first-order valence-electron chi connectivity index (χ1n) is 5.10. The number of aromatic nitrogens is 2. The van der Waals surface area contributed by atoms with Gasteiger partial charge >= 0.3 is 0 Å². The third kappa shape index (κ3) is 3.31. The van der Waals surface area contributed by atoms with Gasteiger partial charge in [-0.15, -0.1) is 0 Å². The molecule has 6 heteroatoms. The summed E-state index contributed by atoms with van der Waals surface area (Å²) in [5.74, 6) is 1.08. The first-order chi connectivity index (χ1) is 7.56. The minimum atomic E-state index is 0.279. The monoisotopic (exact) mass is 288 g/mol. The molecule has 0 saturated carbocycles. The Labute approximate surface area is 104 Å². The molecular weight excluding hydrogens is 272 g/mol. The minimum Gasteiger partial charge on any atom is -0.383 e. The van der Waals surface area contributed by atoms with Crippen molar-refractivity contribution in [3.63, 3.8) is 0 Å². The summed E-state index contributed by atoms with van der Waals surface area (Å²) in [6.45, 7) is 5.61. The lowest BCUT2D eigenvalue weighted by atomic mass is 10.3. The van der Waals surface area contributed by atoms with Crippen molar-refractivity contribution in [1.82, 2.24) is 9.97 Å². The maximum absolute atomic E-state index is 5.59. The maximum atomic E-state index is 5.59. The van der Waals surface area contributed by atoms with Crippen LogP contribution in [-0.2, 0) is 4.74 Å². The molecule has 0 radical (unpaired) electrons. The number of nitrogen functional groups attached to an aromatic ring is 1.